The number of carbonyl (C=O) groups is 1. The number of aliphatic imine (C=N–C) groups is 1. The van der Waals surface area contributed by atoms with Gasteiger partial charge in [-0.1, -0.05) is 48.0 Å². The number of nitrogens with one attached hydrogen (secondary N) is 1. The molecule has 0 radical (unpaired) electrons. The molecule has 0 aliphatic heterocycles. The van der Waals surface area contributed by atoms with Gasteiger partial charge in [-0.25, -0.2) is 4.99 Å². The van der Waals surface area contributed by atoms with Crippen LogP contribution in [-0.4, -0.2) is 18.7 Å². The Morgan fingerprint density at radius 2 is 1.79 bits per heavy atom. The first kappa shape index (κ1) is 26.0. The van der Waals surface area contributed by atoms with Crippen LogP contribution in [0.3, 0.4) is 0 Å². The van der Waals surface area contributed by atoms with Crippen LogP contribution < -0.4 is 14.8 Å². The van der Waals surface area contributed by atoms with Crippen molar-refractivity contribution >= 4 is 45.7 Å². The van der Waals surface area contributed by atoms with Crippen molar-refractivity contribution in [2.24, 2.45) is 4.99 Å². The highest BCUT2D eigenvalue weighted by atomic mass is 35.5. The lowest BCUT2D eigenvalue weighted by molar-refractivity contribution is 0.102. The van der Waals surface area contributed by atoms with Crippen molar-refractivity contribution in [1.29, 1.82) is 0 Å². The summed E-state index contributed by atoms with van der Waals surface area (Å²) in [6.45, 7) is 2.78. The Bertz CT molecular complexity index is 1450. The Labute approximate surface area is 232 Å². The SMILES string of the molecule is CCOc1cc(C=Nc2sc3c(c2C(=O)Nc2ccccc2)CCCC3)ccc1OCc1ccccc1Cl. The molecular formula is C31H29ClN2O3S. The molecule has 194 valence electrons. The van der Waals surface area contributed by atoms with Crippen molar-refractivity contribution < 1.29 is 14.3 Å². The van der Waals surface area contributed by atoms with E-state index in [-0.39, 0.29) is 5.91 Å². The van der Waals surface area contributed by atoms with Crippen LogP contribution in [0.4, 0.5) is 10.7 Å². The van der Waals surface area contributed by atoms with Crippen LogP contribution in [0.15, 0.2) is 77.8 Å². The maximum atomic E-state index is 13.4. The van der Waals surface area contributed by atoms with E-state index in [1.807, 2.05) is 79.7 Å². The lowest BCUT2D eigenvalue weighted by Crippen LogP contribution is -2.14. The molecule has 1 aliphatic rings. The lowest BCUT2D eigenvalue weighted by Gasteiger charge is -2.13. The number of halogens is 1. The van der Waals surface area contributed by atoms with Gasteiger partial charge in [-0.15, -0.1) is 11.3 Å². The summed E-state index contributed by atoms with van der Waals surface area (Å²) < 4.78 is 11.9. The molecule has 0 saturated carbocycles. The van der Waals surface area contributed by atoms with E-state index in [1.165, 1.54) is 4.88 Å². The molecule has 5 nitrogen and oxygen atoms in total. The maximum absolute atomic E-state index is 13.4. The van der Waals surface area contributed by atoms with E-state index in [9.17, 15) is 4.79 Å². The van der Waals surface area contributed by atoms with Gasteiger partial charge in [0.2, 0.25) is 0 Å². The molecule has 0 bridgehead atoms. The van der Waals surface area contributed by atoms with E-state index >= 15 is 0 Å². The molecule has 5 rings (SSSR count). The second-order valence-corrected chi connectivity index (χ2v) is 10.5. The van der Waals surface area contributed by atoms with Gasteiger partial charge in [-0.2, -0.15) is 0 Å². The Morgan fingerprint density at radius 3 is 2.61 bits per heavy atom. The summed E-state index contributed by atoms with van der Waals surface area (Å²) >= 11 is 7.90. The van der Waals surface area contributed by atoms with Crippen molar-refractivity contribution in [3.63, 3.8) is 0 Å². The Hall–Kier alpha value is -3.61. The number of hydrogen-bond donors (Lipinski definition) is 1. The van der Waals surface area contributed by atoms with Crippen molar-refractivity contribution in [1.82, 2.24) is 0 Å². The minimum Gasteiger partial charge on any atom is -0.490 e. The zero-order valence-electron chi connectivity index (χ0n) is 21.2. The molecule has 1 aliphatic carbocycles. The van der Waals surface area contributed by atoms with E-state index in [1.54, 1.807) is 17.6 Å². The maximum Gasteiger partial charge on any atom is 0.259 e. The summed E-state index contributed by atoms with van der Waals surface area (Å²) in [7, 11) is 0. The van der Waals surface area contributed by atoms with Crippen LogP contribution in [0.2, 0.25) is 5.02 Å². The first-order chi connectivity index (χ1) is 18.6. The molecule has 38 heavy (non-hydrogen) atoms. The molecule has 0 unspecified atom stereocenters. The van der Waals surface area contributed by atoms with Gasteiger partial charge in [0.25, 0.3) is 5.91 Å². The van der Waals surface area contributed by atoms with Crippen molar-refractivity contribution in [3.05, 3.63) is 105 Å². The highest BCUT2D eigenvalue weighted by Gasteiger charge is 2.25. The van der Waals surface area contributed by atoms with Gasteiger partial charge < -0.3 is 14.8 Å². The molecule has 0 fully saturated rings. The van der Waals surface area contributed by atoms with Crippen molar-refractivity contribution in [2.45, 2.75) is 39.2 Å². The van der Waals surface area contributed by atoms with Crippen LogP contribution in [0.1, 0.15) is 51.7 Å². The van der Waals surface area contributed by atoms with Crippen LogP contribution in [0.25, 0.3) is 0 Å². The monoisotopic (exact) mass is 544 g/mol. The van der Waals surface area contributed by atoms with Crippen LogP contribution in [0, 0.1) is 0 Å². The molecule has 3 aromatic carbocycles. The first-order valence-corrected chi connectivity index (χ1v) is 14.0. The van der Waals surface area contributed by atoms with Gasteiger partial charge in [0.1, 0.15) is 11.6 Å². The van der Waals surface area contributed by atoms with E-state index in [0.29, 0.717) is 35.3 Å². The summed E-state index contributed by atoms with van der Waals surface area (Å²) in [5, 5.41) is 4.45. The number of nitrogens with zero attached hydrogens (tertiary/aromatic N) is 1. The summed E-state index contributed by atoms with van der Waals surface area (Å²) in [4.78, 5) is 19.4. The molecule has 0 spiro atoms. The third-order valence-corrected chi connectivity index (χ3v) is 7.92. The quantitative estimate of drug-likeness (QED) is 0.216. The summed E-state index contributed by atoms with van der Waals surface area (Å²) in [6, 6.07) is 22.9. The fourth-order valence-electron chi connectivity index (χ4n) is 4.49. The zero-order valence-corrected chi connectivity index (χ0v) is 22.8. The van der Waals surface area contributed by atoms with Crippen molar-refractivity contribution in [2.75, 3.05) is 11.9 Å². The molecule has 1 amide bonds. The van der Waals surface area contributed by atoms with Gasteiger partial charge in [0.15, 0.2) is 11.5 Å². The number of ether oxygens (including phenoxy) is 2. The normalized spacial score (nSPS) is 12.8. The van der Waals surface area contributed by atoms with E-state index in [2.05, 4.69) is 5.32 Å². The molecule has 1 heterocycles. The summed E-state index contributed by atoms with van der Waals surface area (Å²) in [6.07, 6.45) is 5.92. The highest BCUT2D eigenvalue weighted by molar-refractivity contribution is 7.16. The topological polar surface area (TPSA) is 59.9 Å². The van der Waals surface area contributed by atoms with Gasteiger partial charge >= 0.3 is 0 Å². The van der Waals surface area contributed by atoms with Gasteiger partial charge in [-0.3, -0.25) is 4.79 Å². The number of thiophene rings is 1. The van der Waals surface area contributed by atoms with Gasteiger partial charge in [0.05, 0.1) is 12.2 Å². The van der Waals surface area contributed by atoms with E-state index in [4.69, 9.17) is 26.1 Å². The zero-order chi connectivity index (χ0) is 26.3. The molecule has 0 atom stereocenters. The standard InChI is InChI=1S/C31H29ClN2O3S/c1-2-36-27-18-21(16-17-26(27)37-20-22-10-6-8-14-25(22)32)19-33-31-29(24-13-7-9-15-28(24)38-31)30(35)34-23-11-4-3-5-12-23/h3-6,8,10-12,14,16-19H,2,7,9,13,15,20H2,1H3,(H,34,35). The molecule has 1 N–H and O–H groups in total. The lowest BCUT2D eigenvalue weighted by atomic mass is 9.95. The summed E-state index contributed by atoms with van der Waals surface area (Å²) in [5.41, 5.74) is 4.37. The number of anilines is 1. The number of amides is 1. The number of fused-ring (bicyclic) bond motifs is 1. The predicted molar refractivity (Wildman–Crippen MR) is 156 cm³/mol. The van der Waals surface area contributed by atoms with E-state index < -0.39 is 0 Å². The van der Waals surface area contributed by atoms with Gasteiger partial charge in [-0.05, 0) is 80.1 Å². The summed E-state index contributed by atoms with van der Waals surface area (Å²) in [5.74, 6) is 1.16. The van der Waals surface area contributed by atoms with Crippen LogP contribution >= 0.6 is 22.9 Å². The minimum absolute atomic E-state index is 0.110. The third kappa shape index (κ3) is 6.09. The smallest absolute Gasteiger partial charge is 0.259 e. The molecule has 1 aromatic heterocycles. The third-order valence-electron chi connectivity index (χ3n) is 6.35. The van der Waals surface area contributed by atoms with Crippen LogP contribution in [0.5, 0.6) is 11.5 Å². The molecule has 7 heteroatoms. The van der Waals surface area contributed by atoms with Crippen molar-refractivity contribution in [3.8, 4) is 11.5 Å². The average Bonchev–Trinajstić information content (AvgIpc) is 3.31. The Balaban J connectivity index is 1.39. The fourth-order valence-corrected chi connectivity index (χ4v) is 5.91. The second-order valence-electron chi connectivity index (χ2n) is 8.99. The average molecular weight is 545 g/mol. The second kappa shape index (κ2) is 12.3. The predicted octanol–water partition coefficient (Wildman–Crippen LogP) is 8.26. The number of carbonyl (C=O) groups excluding carboxylic acids is 1. The largest absolute Gasteiger partial charge is 0.490 e. The van der Waals surface area contributed by atoms with Crippen LogP contribution in [-0.2, 0) is 19.4 Å². The minimum atomic E-state index is -0.110. The Morgan fingerprint density at radius 1 is 1.00 bits per heavy atom. The molecule has 0 saturated heterocycles. The Kier molecular flexibility index (Phi) is 8.41. The fraction of sp³-hybridized carbons (Fsp3) is 0.226. The van der Waals surface area contributed by atoms with E-state index in [0.717, 1.165) is 53.1 Å². The highest BCUT2D eigenvalue weighted by Crippen LogP contribution is 2.40. The number of hydrogen-bond acceptors (Lipinski definition) is 5. The number of rotatable bonds is 9. The number of aryl methyl sites for hydroxylation is 1. The number of para-hydroxylation sites is 1. The molecule has 4 aromatic rings. The number of benzene rings is 3. The first-order valence-electron chi connectivity index (χ1n) is 12.8. The molecular weight excluding hydrogens is 516 g/mol. The van der Waals surface area contributed by atoms with Gasteiger partial charge in [0, 0.05) is 27.4 Å².